The highest BCUT2D eigenvalue weighted by Gasteiger charge is 2.32. The maximum Gasteiger partial charge on any atom is 0.416 e. The van der Waals surface area contributed by atoms with E-state index in [2.05, 4.69) is 19.9 Å². The lowest BCUT2D eigenvalue weighted by atomic mass is 10.0. The number of aromatic nitrogens is 2. The van der Waals surface area contributed by atoms with Gasteiger partial charge < -0.3 is 24.3 Å². The van der Waals surface area contributed by atoms with Gasteiger partial charge >= 0.3 is 12.8 Å². The number of piperazine rings is 1. The number of aryl methyl sites for hydroxylation is 2. The summed E-state index contributed by atoms with van der Waals surface area (Å²) in [7, 11) is 1.79. The van der Waals surface area contributed by atoms with Gasteiger partial charge in [-0.15, -0.1) is 12.4 Å². The second kappa shape index (κ2) is 15.4. The lowest BCUT2D eigenvalue weighted by molar-refractivity contribution is -0.137. The summed E-state index contributed by atoms with van der Waals surface area (Å²) < 4.78 is 76.5. The summed E-state index contributed by atoms with van der Waals surface area (Å²) in [6.45, 7) is 1.25. The Hall–Kier alpha value is -5.21. The van der Waals surface area contributed by atoms with E-state index in [1.165, 1.54) is 31.3 Å². The number of benzene rings is 3. The molecular weight excluding hydrogens is 697 g/mol. The van der Waals surface area contributed by atoms with E-state index in [4.69, 9.17) is 4.74 Å². The number of amides is 2. The van der Waals surface area contributed by atoms with Crippen LogP contribution in [0.3, 0.4) is 0 Å². The fourth-order valence-corrected chi connectivity index (χ4v) is 5.91. The predicted molar refractivity (Wildman–Crippen MR) is 183 cm³/mol. The van der Waals surface area contributed by atoms with E-state index in [-0.39, 0.29) is 41.1 Å². The van der Waals surface area contributed by atoms with Crippen molar-refractivity contribution >= 4 is 40.8 Å². The monoisotopic (exact) mass is 729 g/mol. The molecule has 0 bridgehead atoms. The summed E-state index contributed by atoms with van der Waals surface area (Å²) in [6, 6.07) is 19.9. The molecule has 0 radical (unpaired) electrons. The highest BCUT2D eigenvalue weighted by molar-refractivity contribution is 6.05. The van der Waals surface area contributed by atoms with Crippen molar-refractivity contribution in [3.8, 4) is 17.4 Å². The number of alkyl halides is 5. The van der Waals surface area contributed by atoms with E-state index in [1.807, 2.05) is 24.3 Å². The van der Waals surface area contributed by atoms with Crippen LogP contribution in [0.15, 0.2) is 85.1 Å². The third-order valence-corrected chi connectivity index (χ3v) is 8.48. The second-order valence-corrected chi connectivity index (χ2v) is 11.8. The van der Waals surface area contributed by atoms with Crippen molar-refractivity contribution in [2.24, 2.45) is 7.05 Å². The topological polar surface area (TPSA) is 88.9 Å². The lowest BCUT2D eigenvalue weighted by Crippen LogP contribution is -2.48. The Kier molecular flexibility index (Phi) is 11.2. The number of hydrogen-bond acceptors (Lipinski definition) is 6. The maximum atomic E-state index is 14.0. The normalized spacial score (nSPS) is 13.6. The van der Waals surface area contributed by atoms with Crippen LogP contribution in [0.1, 0.15) is 37.5 Å². The van der Waals surface area contributed by atoms with Gasteiger partial charge in [0.25, 0.3) is 11.8 Å². The number of halogens is 6. The highest BCUT2D eigenvalue weighted by Crippen LogP contribution is 2.37. The number of fused-ring (bicyclic) bond motifs is 1. The van der Waals surface area contributed by atoms with Crippen LogP contribution in [0.2, 0.25) is 0 Å². The molecule has 1 N–H and O–H groups in total. The minimum Gasteiger partial charge on any atom is -0.436 e. The van der Waals surface area contributed by atoms with Crippen LogP contribution >= 0.6 is 12.4 Å². The number of pyridine rings is 1. The third kappa shape index (κ3) is 8.40. The molecule has 0 aliphatic carbocycles. The Morgan fingerprint density at radius 3 is 2.27 bits per heavy atom. The quantitative estimate of drug-likeness (QED) is 0.155. The van der Waals surface area contributed by atoms with E-state index in [9.17, 15) is 31.5 Å². The zero-order valence-corrected chi connectivity index (χ0v) is 28.2. The Balaban J connectivity index is 0.00000504. The number of nitrogens with zero attached hydrogens (tertiary/aromatic N) is 4. The molecular formula is C36H33ClF5N5O4. The molecule has 1 aliphatic rings. The minimum atomic E-state index is -4.52. The molecule has 15 heteroatoms. The molecule has 268 valence electrons. The van der Waals surface area contributed by atoms with Gasteiger partial charge in [-0.25, -0.2) is 4.98 Å². The summed E-state index contributed by atoms with van der Waals surface area (Å²) in [5.41, 5.74) is 1.78. The molecule has 0 saturated carbocycles. The molecule has 2 amide bonds. The third-order valence-electron chi connectivity index (χ3n) is 8.48. The molecule has 5 aromatic rings. The number of hydrogen-bond donors (Lipinski definition) is 1. The number of carbonyl (C=O) groups excluding carboxylic acids is 2. The molecule has 1 saturated heterocycles. The zero-order valence-electron chi connectivity index (χ0n) is 27.4. The number of nitrogens with one attached hydrogen (secondary N) is 1. The van der Waals surface area contributed by atoms with Gasteiger partial charge in [0, 0.05) is 56.8 Å². The van der Waals surface area contributed by atoms with Gasteiger partial charge in [-0.3, -0.25) is 14.5 Å². The molecule has 1 aliphatic heterocycles. The first-order valence-electron chi connectivity index (χ1n) is 15.6. The van der Waals surface area contributed by atoms with Crippen LogP contribution in [0.25, 0.3) is 10.9 Å². The van der Waals surface area contributed by atoms with Crippen molar-refractivity contribution in [2.45, 2.75) is 26.3 Å². The highest BCUT2D eigenvalue weighted by atomic mass is 35.5. The van der Waals surface area contributed by atoms with Gasteiger partial charge in [0.15, 0.2) is 11.4 Å². The maximum absolute atomic E-state index is 14.0. The fraction of sp³-hybridized carbons (Fsp3) is 0.250. The van der Waals surface area contributed by atoms with E-state index in [0.717, 1.165) is 29.3 Å². The molecule has 9 nitrogen and oxygen atoms in total. The molecule has 3 heterocycles. The average molecular weight is 730 g/mol. The second-order valence-electron chi connectivity index (χ2n) is 11.8. The van der Waals surface area contributed by atoms with Crippen molar-refractivity contribution in [1.82, 2.24) is 19.4 Å². The van der Waals surface area contributed by atoms with Crippen LogP contribution in [0.5, 0.6) is 17.4 Å². The van der Waals surface area contributed by atoms with Gasteiger partial charge in [-0.2, -0.15) is 22.0 Å². The van der Waals surface area contributed by atoms with Crippen molar-refractivity contribution in [2.75, 3.05) is 31.5 Å². The molecule has 2 aromatic heterocycles. The number of ether oxygens (including phenoxy) is 2. The average Bonchev–Trinajstić information content (AvgIpc) is 3.36. The summed E-state index contributed by atoms with van der Waals surface area (Å²) >= 11 is 0. The lowest BCUT2D eigenvalue weighted by Gasteiger charge is -2.35. The fourth-order valence-electron chi connectivity index (χ4n) is 5.91. The number of carbonyl (C=O) groups is 2. The van der Waals surface area contributed by atoms with Gasteiger partial charge in [0.05, 0.1) is 23.0 Å². The Labute approximate surface area is 296 Å². The van der Waals surface area contributed by atoms with Gasteiger partial charge in [0.1, 0.15) is 5.75 Å². The summed E-state index contributed by atoms with van der Waals surface area (Å²) in [4.78, 5) is 35.1. The molecule has 6 rings (SSSR count). The zero-order chi connectivity index (χ0) is 35.6. The number of anilines is 1. The molecule has 0 spiro atoms. The van der Waals surface area contributed by atoms with Crippen LogP contribution in [0, 0.1) is 6.92 Å². The van der Waals surface area contributed by atoms with Gasteiger partial charge in [-0.05, 0) is 66.6 Å². The largest absolute Gasteiger partial charge is 0.436 e. The van der Waals surface area contributed by atoms with Crippen molar-refractivity contribution in [3.63, 3.8) is 0 Å². The van der Waals surface area contributed by atoms with Gasteiger partial charge in [-0.1, -0.05) is 24.3 Å². The summed E-state index contributed by atoms with van der Waals surface area (Å²) in [5.74, 6) is -0.231. The molecule has 0 unspecified atom stereocenters. The number of para-hydroxylation sites is 1. The predicted octanol–water partition coefficient (Wildman–Crippen LogP) is 7.93. The van der Waals surface area contributed by atoms with E-state index in [0.29, 0.717) is 55.2 Å². The minimum absolute atomic E-state index is 0. The van der Waals surface area contributed by atoms with E-state index < -0.39 is 24.3 Å². The van der Waals surface area contributed by atoms with Crippen LogP contribution in [-0.4, -0.2) is 64.0 Å². The smallest absolute Gasteiger partial charge is 0.416 e. The Bertz CT molecular complexity index is 2010. The molecule has 1 fully saturated rings. The van der Waals surface area contributed by atoms with Crippen LogP contribution in [-0.2, 0) is 19.8 Å². The Morgan fingerprint density at radius 2 is 1.65 bits per heavy atom. The molecule has 0 atom stereocenters. The molecule has 51 heavy (non-hydrogen) atoms. The first kappa shape index (κ1) is 37.1. The number of rotatable bonds is 9. The Morgan fingerprint density at radius 1 is 0.941 bits per heavy atom. The van der Waals surface area contributed by atoms with Crippen molar-refractivity contribution in [3.05, 3.63) is 113 Å². The van der Waals surface area contributed by atoms with Crippen molar-refractivity contribution < 1.29 is 41.0 Å². The van der Waals surface area contributed by atoms with E-state index >= 15 is 0 Å². The van der Waals surface area contributed by atoms with Crippen LogP contribution < -0.4 is 14.8 Å². The van der Waals surface area contributed by atoms with E-state index in [1.54, 1.807) is 34.7 Å². The van der Waals surface area contributed by atoms with Gasteiger partial charge in [0.2, 0.25) is 5.88 Å². The SMILES string of the molecule is Cc1cc(C(F)(F)F)ccc1C(=O)Nc1ccc(Oc2c(C(=O)N3CCN(Cc4ccc(OC(F)F)cc4)CC3)n(C)c3ccccc23)nc1.Cl. The first-order valence-corrected chi connectivity index (χ1v) is 15.6. The summed E-state index contributed by atoms with van der Waals surface area (Å²) in [6.07, 6.45) is -3.16. The standard InChI is InChI=1S/C36H32F5N5O4.ClH/c1-22-19-24(36(39,40)41)9-13-27(22)33(47)43-25-10-14-30(42-20-25)50-32-28-5-3-4-6-29(28)44(2)31(32)34(48)46-17-15-45(16-18-46)21-23-7-11-26(12-8-23)49-35(37)38;/h3-14,19-20,35H,15-18,21H2,1-2H3,(H,43,47);1H. The van der Waals surface area contributed by atoms with Crippen LogP contribution in [0.4, 0.5) is 27.6 Å². The summed E-state index contributed by atoms with van der Waals surface area (Å²) in [5, 5.41) is 3.34. The first-order chi connectivity index (χ1) is 23.9. The van der Waals surface area contributed by atoms with Crippen molar-refractivity contribution in [1.29, 1.82) is 0 Å². The molecule has 3 aromatic carbocycles.